The molecule has 1 fully saturated rings. The van der Waals surface area contributed by atoms with Crippen molar-refractivity contribution in [1.29, 1.82) is 0 Å². The quantitative estimate of drug-likeness (QED) is 0.882. The molecule has 1 amide bonds. The number of hydrogen-bond acceptors (Lipinski definition) is 3. The molecule has 1 saturated heterocycles. The molecule has 92 valence electrons. The maximum Gasteiger partial charge on any atom is 0.251 e. The van der Waals surface area contributed by atoms with Gasteiger partial charge < -0.3 is 5.32 Å². The van der Waals surface area contributed by atoms with Gasteiger partial charge in [0.25, 0.3) is 5.91 Å². The minimum Gasteiger partial charge on any atom is -0.348 e. The highest BCUT2D eigenvalue weighted by Gasteiger charge is 2.29. The van der Waals surface area contributed by atoms with Gasteiger partial charge >= 0.3 is 0 Å². The molecular weight excluding hydrogens is 262 g/mol. The van der Waals surface area contributed by atoms with Crippen molar-refractivity contribution in [3.8, 4) is 0 Å². The molecular formula is C11H12ClNO3S. The molecule has 0 aromatic heterocycles. The fraction of sp³-hybridized carbons (Fsp3) is 0.364. The van der Waals surface area contributed by atoms with Gasteiger partial charge in [-0.1, -0.05) is 17.7 Å². The van der Waals surface area contributed by atoms with Gasteiger partial charge in [-0.15, -0.1) is 0 Å². The maximum atomic E-state index is 11.8. The third-order valence-electron chi connectivity index (χ3n) is 2.65. The molecule has 6 heteroatoms. The monoisotopic (exact) mass is 273 g/mol. The van der Waals surface area contributed by atoms with Crippen molar-refractivity contribution >= 4 is 27.3 Å². The van der Waals surface area contributed by atoms with Crippen LogP contribution in [0.2, 0.25) is 5.02 Å². The van der Waals surface area contributed by atoms with Crippen LogP contribution < -0.4 is 5.32 Å². The van der Waals surface area contributed by atoms with E-state index in [1.54, 1.807) is 24.3 Å². The molecule has 1 heterocycles. The van der Waals surface area contributed by atoms with Gasteiger partial charge in [0.15, 0.2) is 9.84 Å². The number of carbonyl (C=O) groups excluding carboxylic acids is 1. The zero-order valence-electron chi connectivity index (χ0n) is 9.02. The summed E-state index contributed by atoms with van der Waals surface area (Å²) in [5.74, 6) is -0.109. The first kappa shape index (κ1) is 12.4. The lowest BCUT2D eigenvalue weighted by molar-refractivity contribution is 0.0941. The summed E-state index contributed by atoms with van der Waals surface area (Å²) in [5, 5.41) is 3.18. The van der Waals surface area contributed by atoms with E-state index in [0.29, 0.717) is 17.0 Å². The Morgan fingerprint density at radius 1 is 1.41 bits per heavy atom. The van der Waals surface area contributed by atoms with Crippen LogP contribution in [0, 0.1) is 0 Å². The van der Waals surface area contributed by atoms with Gasteiger partial charge in [-0.25, -0.2) is 8.42 Å². The summed E-state index contributed by atoms with van der Waals surface area (Å²) in [5.41, 5.74) is 0.446. The summed E-state index contributed by atoms with van der Waals surface area (Å²) in [7, 11) is -2.97. The number of benzene rings is 1. The van der Waals surface area contributed by atoms with E-state index in [4.69, 9.17) is 11.6 Å². The number of amides is 1. The highest BCUT2D eigenvalue weighted by molar-refractivity contribution is 7.91. The second-order valence-electron chi connectivity index (χ2n) is 4.08. The summed E-state index contributed by atoms with van der Waals surface area (Å²) >= 11 is 5.77. The van der Waals surface area contributed by atoms with E-state index in [-0.39, 0.29) is 23.5 Å². The largest absolute Gasteiger partial charge is 0.348 e. The lowest BCUT2D eigenvalue weighted by atomic mass is 10.2. The molecule has 1 aliphatic rings. The summed E-state index contributed by atoms with van der Waals surface area (Å²) in [4.78, 5) is 11.8. The van der Waals surface area contributed by atoms with E-state index in [1.807, 2.05) is 0 Å². The van der Waals surface area contributed by atoms with Gasteiger partial charge in [-0.05, 0) is 24.6 Å². The summed E-state index contributed by atoms with van der Waals surface area (Å²) < 4.78 is 22.5. The SMILES string of the molecule is O=C(N[C@H]1CCS(=O)(=O)C1)c1cccc(Cl)c1. The summed E-state index contributed by atoms with van der Waals surface area (Å²) in [6.07, 6.45) is 0.481. The van der Waals surface area contributed by atoms with Crippen molar-refractivity contribution in [2.24, 2.45) is 0 Å². The zero-order valence-corrected chi connectivity index (χ0v) is 10.6. The van der Waals surface area contributed by atoms with Gasteiger partial charge in [-0.2, -0.15) is 0 Å². The number of sulfone groups is 1. The van der Waals surface area contributed by atoms with Crippen LogP contribution in [0.25, 0.3) is 0 Å². The van der Waals surface area contributed by atoms with E-state index in [1.165, 1.54) is 0 Å². The Kier molecular flexibility index (Phi) is 3.40. The lowest BCUT2D eigenvalue weighted by Gasteiger charge is -2.10. The number of hydrogen-bond donors (Lipinski definition) is 1. The molecule has 0 bridgehead atoms. The van der Waals surface area contributed by atoms with Crippen LogP contribution in [0.4, 0.5) is 0 Å². The highest BCUT2D eigenvalue weighted by atomic mass is 35.5. The molecule has 4 nitrogen and oxygen atoms in total. The van der Waals surface area contributed by atoms with E-state index in [2.05, 4.69) is 5.32 Å². The van der Waals surface area contributed by atoms with Crippen molar-refractivity contribution in [2.45, 2.75) is 12.5 Å². The van der Waals surface area contributed by atoms with Crippen LogP contribution in [0.5, 0.6) is 0 Å². The molecule has 1 atom stereocenters. The Morgan fingerprint density at radius 2 is 2.18 bits per heavy atom. The normalized spacial score (nSPS) is 22.3. The first-order valence-corrected chi connectivity index (χ1v) is 7.43. The Hall–Kier alpha value is -1.07. The van der Waals surface area contributed by atoms with Gasteiger partial charge in [0.1, 0.15) is 0 Å². The third-order valence-corrected chi connectivity index (χ3v) is 4.66. The van der Waals surface area contributed by atoms with Crippen LogP contribution >= 0.6 is 11.6 Å². The molecule has 2 rings (SSSR count). The number of nitrogens with one attached hydrogen (secondary N) is 1. The van der Waals surface area contributed by atoms with Crippen LogP contribution in [-0.2, 0) is 9.84 Å². The van der Waals surface area contributed by atoms with E-state index < -0.39 is 9.84 Å². The fourth-order valence-corrected chi connectivity index (χ4v) is 3.67. The van der Waals surface area contributed by atoms with E-state index in [0.717, 1.165) is 0 Å². The van der Waals surface area contributed by atoms with Crippen molar-refractivity contribution in [3.63, 3.8) is 0 Å². The van der Waals surface area contributed by atoms with Gasteiger partial charge in [0.05, 0.1) is 11.5 Å². The Labute approximate surface area is 105 Å². The van der Waals surface area contributed by atoms with Crippen molar-refractivity contribution in [3.05, 3.63) is 34.9 Å². The number of halogens is 1. The predicted molar refractivity (Wildman–Crippen MR) is 66.0 cm³/mol. The number of carbonyl (C=O) groups is 1. The molecule has 0 spiro atoms. The van der Waals surface area contributed by atoms with Crippen molar-refractivity contribution in [1.82, 2.24) is 5.32 Å². The summed E-state index contributed by atoms with van der Waals surface area (Å²) in [6, 6.07) is 6.28. The molecule has 1 aliphatic heterocycles. The van der Waals surface area contributed by atoms with E-state index >= 15 is 0 Å². The molecule has 1 aromatic carbocycles. The second-order valence-corrected chi connectivity index (χ2v) is 6.75. The van der Waals surface area contributed by atoms with Crippen molar-refractivity contribution in [2.75, 3.05) is 11.5 Å². The topological polar surface area (TPSA) is 63.2 Å². The minimum atomic E-state index is -2.97. The molecule has 0 unspecified atom stereocenters. The van der Waals surface area contributed by atoms with Crippen LogP contribution in [-0.4, -0.2) is 31.9 Å². The Bertz CT molecular complexity index is 541. The smallest absolute Gasteiger partial charge is 0.251 e. The summed E-state index contributed by atoms with van der Waals surface area (Å²) in [6.45, 7) is 0. The zero-order chi connectivity index (χ0) is 12.5. The first-order valence-electron chi connectivity index (χ1n) is 5.23. The molecule has 0 radical (unpaired) electrons. The lowest BCUT2D eigenvalue weighted by Crippen LogP contribution is -2.35. The Morgan fingerprint density at radius 3 is 2.76 bits per heavy atom. The number of rotatable bonds is 2. The molecule has 0 aliphatic carbocycles. The second kappa shape index (κ2) is 4.66. The van der Waals surface area contributed by atoms with Gasteiger partial charge in [0, 0.05) is 16.6 Å². The maximum absolute atomic E-state index is 11.8. The average Bonchev–Trinajstić information content (AvgIpc) is 2.58. The molecule has 1 aromatic rings. The highest BCUT2D eigenvalue weighted by Crippen LogP contribution is 2.14. The Balaban J connectivity index is 2.03. The van der Waals surface area contributed by atoms with E-state index in [9.17, 15) is 13.2 Å². The fourth-order valence-electron chi connectivity index (χ4n) is 1.81. The van der Waals surface area contributed by atoms with Crippen LogP contribution in [0.15, 0.2) is 24.3 Å². The third kappa shape index (κ3) is 3.20. The van der Waals surface area contributed by atoms with Crippen LogP contribution in [0.1, 0.15) is 16.8 Å². The molecule has 0 saturated carbocycles. The van der Waals surface area contributed by atoms with Crippen molar-refractivity contribution < 1.29 is 13.2 Å². The first-order chi connectivity index (χ1) is 7.96. The standard InChI is InChI=1S/C11H12ClNO3S/c12-9-3-1-2-8(6-9)11(14)13-10-4-5-17(15,16)7-10/h1-3,6,10H,4-5,7H2,(H,13,14)/t10-/m0/s1. The average molecular weight is 274 g/mol. The molecule has 17 heavy (non-hydrogen) atoms. The predicted octanol–water partition coefficient (Wildman–Crippen LogP) is 1.26. The minimum absolute atomic E-state index is 0.0271. The van der Waals surface area contributed by atoms with Gasteiger partial charge in [-0.3, -0.25) is 4.79 Å². The van der Waals surface area contributed by atoms with Gasteiger partial charge in [0.2, 0.25) is 0 Å². The van der Waals surface area contributed by atoms with Crippen LogP contribution in [0.3, 0.4) is 0 Å². The molecule has 1 N–H and O–H groups in total.